The molecule has 0 atom stereocenters. The fourth-order valence-corrected chi connectivity index (χ4v) is 3.39. The van der Waals surface area contributed by atoms with Crippen LogP contribution in [-0.2, 0) is 21.9 Å². The predicted octanol–water partition coefficient (Wildman–Crippen LogP) is -0.392. The quantitative estimate of drug-likeness (QED) is 0.740. The van der Waals surface area contributed by atoms with Gasteiger partial charge in [0.15, 0.2) is 0 Å². The molecule has 0 aliphatic rings. The zero-order valence-corrected chi connectivity index (χ0v) is 12.2. The standard InChI is InChI=1S/C11H17N3O5S/c1-7(2)14(6-10(15)16)20(18,19)8-4-9(11(12)17)13(3)5-8/h4-5,7H,6H2,1-3H3,(H2,12,17)(H,15,16). The van der Waals surface area contributed by atoms with Crippen LogP contribution in [0.4, 0.5) is 0 Å². The maximum Gasteiger partial charge on any atom is 0.318 e. The summed E-state index contributed by atoms with van der Waals surface area (Å²) in [6.07, 6.45) is 1.23. The number of nitrogens with two attached hydrogens (primary N) is 1. The van der Waals surface area contributed by atoms with Gasteiger partial charge in [0.25, 0.3) is 5.91 Å². The summed E-state index contributed by atoms with van der Waals surface area (Å²) in [5.41, 5.74) is 5.16. The van der Waals surface area contributed by atoms with Crippen molar-refractivity contribution in [3.05, 3.63) is 18.0 Å². The minimum atomic E-state index is -4.01. The maximum atomic E-state index is 12.4. The van der Waals surface area contributed by atoms with Gasteiger partial charge in [0.05, 0.1) is 0 Å². The minimum absolute atomic E-state index is 0.0302. The second kappa shape index (κ2) is 5.63. The van der Waals surface area contributed by atoms with Crippen LogP contribution in [0.15, 0.2) is 17.2 Å². The SMILES string of the molecule is CC(C)N(CC(=O)O)S(=O)(=O)c1cc(C(N)=O)n(C)c1. The van der Waals surface area contributed by atoms with Gasteiger partial charge in [-0.3, -0.25) is 9.59 Å². The van der Waals surface area contributed by atoms with Crippen LogP contribution in [0.1, 0.15) is 24.3 Å². The molecular formula is C11H17N3O5S. The van der Waals surface area contributed by atoms with Gasteiger partial charge in [-0.1, -0.05) is 0 Å². The van der Waals surface area contributed by atoms with E-state index < -0.39 is 34.5 Å². The number of nitrogens with zero attached hydrogens (tertiary/aromatic N) is 2. The normalized spacial score (nSPS) is 12.1. The second-order valence-electron chi connectivity index (χ2n) is 4.57. The first-order valence-electron chi connectivity index (χ1n) is 5.77. The molecule has 0 saturated heterocycles. The third-order valence-corrected chi connectivity index (χ3v) is 4.69. The van der Waals surface area contributed by atoms with E-state index >= 15 is 0 Å². The number of aromatic nitrogens is 1. The number of hydrogen-bond acceptors (Lipinski definition) is 4. The van der Waals surface area contributed by atoms with Gasteiger partial charge in [-0.2, -0.15) is 4.31 Å². The first kappa shape index (κ1) is 16.2. The molecule has 1 aromatic rings. The summed E-state index contributed by atoms with van der Waals surface area (Å²) in [6.45, 7) is 2.48. The van der Waals surface area contributed by atoms with Crippen molar-refractivity contribution >= 4 is 21.9 Å². The molecule has 0 radical (unpaired) electrons. The summed E-state index contributed by atoms with van der Waals surface area (Å²) in [6, 6.07) is 0.600. The first-order valence-corrected chi connectivity index (χ1v) is 7.21. The molecule has 0 spiro atoms. The van der Waals surface area contributed by atoms with Gasteiger partial charge < -0.3 is 15.4 Å². The van der Waals surface area contributed by atoms with Gasteiger partial charge in [0.2, 0.25) is 10.0 Å². The molecule has 1 aromatic heterocycles. The molecule has 1 rings (SSSR count). The van der Waals surface area contributed by atoms with Crippen molar-refractivity contribution in [2.45, 2.75) is 24.8 Å². The average Bonchev–Trinajstić information content (AvgIpc) is 2.68. The highest BCUT2D eigenvalue weighted by Crippen LogP contribution is 2.20. The molecular weight excluding hydrogens is 286 g/mol. The number of aryl methyl sites for hydroxylation is 1. The van der Waals surface area contributed by atoms with Gasteiger partial charge in [0, 0.05) is 19.3 Å². The number of primary amides is 1. The highest BCUT2D eigenvalue weighted by Gasteiger charge is 2.30. The molecule has 112 valence electrons. The van der Waals surface area contributed by atoms with Crippen molar-refractivity contribution in [1.82, 2.24) is 8.87 Å². The van der Waals surface area contributed by atoms with Crippen molar-refractivity contribution in [3.8, 4) is 0 Å². The van der Waals surface area contributed by atoms with Crippen LogP contribution >= 0.6 is 0 Å². The molecule has 0 unspecified atom stereocenters. The summed E-state index contributed by atoms with van der Waals surface area (Å²) in [5, 5.41) is 8.81. The monoisotopic (exact) mass is 303 g/mol. The Hall–Kier alpha value is -1.87. The van der Waals surface area contributed by atoms with Crippen LogP contribution in [0, 0.1) is 0 Å². The van der Waals surface area contributed by atoms with Gasteiger partial charge in [-0.25, -0.2) is 8.42 Å². The second-order valence-corrected chi connectivity index (χ2v) is 6.46. The third-order valence-electron chi connectivity index (χ3n) is 2.71. The zero-order valence-electron chi connectivity index (χ0n) is 11.4. The Bertz CT molecular complexity index is 632. The number of hydrogen-bond donors (Lipinski definition) is 2. The van der Waals surface area contributed by atoms with Crippen molar-refractivity contribution in [2.24, 2.45) is 12.8 Å². The first-order chi connectivity index (χ1) is 9.07. The van der Waals surface area contributed by atoms with E-state index in [0.717, 1.165) is 10.4 Å². The highest BCUT2D eigenvalue weighted by molar-refractivity contribution is 7.89. The predicted molar refractivity (Wildman–Crippen MR) is 70.6 cm³/mol. The van der Waals surface area contributed by atoms with Crippen LogP contribution in [0.25, 0.3) is 0 Å². The summed E-state index contributed by atoms with van der Waals surface area (Å²) in [4.78, 5) is 21.8. The molecule has 1 amide bonds. The van der Waals surface area contributed by atoms with Crippen LogP contribution in [0.2, 0.25) is 0 Å². The summed E-state index contributed by atoms with van der Waals surface area (Å²) in [5.74, 6) is -2.02. The number of carboxylic acids is 1. The molecule has 0 saturated carbocycles. The number of carbonyl (C=O) groups is 2. The Morgan fingerprint density at radius 3 is 2.35 bits per heavy atom. The molecule has 9 heteroatoms. The van der Waals surface area contributed by atoms with Crippen LogP contribution in [0.5, 0.6) is 0 Å². The lowest BCUT2D eigenvalue weighted by molar-refractivity contribution is -0.137. The van der Waals surface area contributed by atoms with Crippen LogP contribution in [0.3, 0.4) is 0 Å². The fourth-order valence-electron chi connectivity index (χ4n) is 1.73. The average molecular weight is 303 g/mol. The number of rotatable bonds is 6. The summed E-state index contributed by atoms with van der Waals surface area (Å²) in [7, 11) is -2.52. The molecule has 0 bridgehead atoms. The van der Waals surface area contributed by atoms with Crippen molar-refractivity contribution in [2.75, 3.05) is 6.54 Å². The third kappa shape index (κ3) is 3.17. The Morgan fingerprint density at radius 1 is 1.45 bits per heavy atom. The van der Waals surface area contributed by atoms with E-state index in [2.05, 4.69) is 0 Å². The van der Waals surface area contributed by atoms with E-state index in [1.165, 1.54) is 17.8 Å². The number of carbonyl (C=O) groups excluding carboxylic acids is 1. The van der Waals surface area contributed by atoms with E-state index in [1.54, 1.807) is 13.8 Å². The number of aliphatic carboxylic acids is 1. The van der Waals surface area contributed by atoms with E-state index in [4.69, 9.17) is 10.8 Å². The van der Waals surface area contributed by atoms with Gasteiger partial charge in [-0.05, 0) is 19.9 Å². The van der Waals surface area contributed by atoms with Crippen molar-refractivity contribution < 1.29 is 23.1 Å². The van der Waals surface area contributed by atoms with Gasteiger partial charge in [0.1, 0.15) is 17.1 Å². The van der Waals surface area contributed by atoms with E-state index in [-0.39, 0.29) is 10.6 Å². The molecule has 1 heterocycles. The molecule has 20 heavy (non-hydrogen) atoms. The summed E-state index contributed by atoms with van der Waals surface area (Å²) >= 11 is 0. The van der Waals surface area contributed by atoms with Gasteiger partial charge in [-0.15, -0.1) is 0 Å². The molecule has 0 aromatic carbocycles. The Balaban J connectivity index is 3.30. The lowest BCUT2D eigenvalue weighted by atomic mass is 10.4. The smallest absolute Gasteiger partial charge is 0.318 e. The van der Waals surface area contributed by atoms with Gasteiger partial charge >= 0.3 is 5.97 Å². The topological polar surface area (TPSA) is 123 Å². The number of sulfonamides is 1. The Kier molecular flexibility index (Phi) is 4.56. The number of amides is 1. The fraction of sp³-hybridized carbons (Fsp3) is 0.455. The lowest BCUT2D eigenvalue weighted by Gasteiger charge is -2.23. The van der Waals surface area contributed by atoms with E-state index in [9.17, 15) is 18.0 Å². The van der Waals surface area contributed by atoms with Crippen LogP contribution in [-0.4, -0.2) is 46.9 Å². The minimum Gasteiger partial charge on any atom is -0.480 e. The zero-order chi connectivity index (χ0) is 15.7. The van der Waals surface area contributed by atoms with Crippen molar-refractivity contribution in [3.63, 3.8) is 0 Å². The maximum absolute atomic E-state index is 12.4. The largest absolute Gasteiger partial charge is 0.480 e. The molecule has 0 aliphatic heterocycles. The highest BCUT2D eigenvalue weighted by atomic mass is 32.2. The molecule has 3 N–H and O–H groups in total. The molecule has 0 fully saturated rings. The Labute approximate surface area is 116 Å². The lowest BCUT2D eigenvalue weighted by Crippen LogP contribution is -2.40. The van der Waals surface area contributed by atoms with Crippen molar-refractivity contribution in [1.29, 1.82) is 0 Å². The number of carboxylic acid groups (broad SMARTS) is 1. The van der Waals surface area contributed by atoms with Crippen LogP contribution < -0.4 is 5.73 Å². The molecule has 0 aliphatic carbocycles. The van der Waals surface area contributed by atoms with E-state index in [0.29, 0.717) is 0 Å². The summed E-state index contributed by atoms with van der Waals surface area (Å²) < 4.78 is 26.9. The Morgan fingerprint density at radius 2 is 2.00 bits per heavy atom. The molecule has 8 nitrogen and oxygen atoms in total. The van der Waals surface area contributed by atoms with E-state index in [1.807, 2.05) is 0 Å².